The fourth-order valence-corrected chi connectivity index (χ4v) is 10.1. The highest BCUT2D eigenvalue weighted by molar-refractivity contribution is 9.11. The zero-order valence-corrected chi connectivity index (χ0v) is 54.6. The molecule has 0 radical (unpaired) electrons. The van der Waals surface area contributed by atoms with Crippen LogP contribution in [0, 0.1) is 0 Å². The fourth-order valence-electron chi connectivity index (χ4n) is 8.42. The lowest BCUT2D eigenvalue weighted by atomic mass is 9.95. The lowest BCUT2D eigenvalue weighted by molar-refractivity contribution is -0.151. The van der Waals surface area contributed by atoms with Gasteiger partial charge in [-0.05, 0) is 168 Å². The molecule has 3 aliphatic rings. The Balaban J connectivity index is 0.000000189. The second-order valence-corrected chi connectivity index (χ2v) is 26.0. The molecule has 9 rings (SSSR count). The number of nitrogens with one attached hydrogen (secondary N) is 3. The molecular formula is C55H57Br2Cl8N9O6. The molecule has 0 bridgehead atoms. The normalized spacial score (nSPS) is 16.6. The summed E-state index contributed by atoms with van der Waals surface area (Å²) in [6.45, 7) is 22.0. The quantitative estimate of drug-likeness (QED) is 0.0821. The third-order valence-corrected chi connectivity index (χ3v) is 14.9. The van der Waals surface area contributed by atoms with Gasteiger partial charge < -0.3 is 30.2 Å². The molecule has 3 aromatic heterocycles. The number of aromatic nitrogens is 6. The van der Waals surface area contributed by atoms with Crippen molar-refractivity contribution in [1.29, 1.82) is 0 Å². The van der Waals surface area contributed by atoms with E-state index in [0.717, 1.165) is 48.8 Å². The molecule has 25 heteroatoms. The van der Waals surface area contributed by atoms with E-state index in [1.165, 1.54) is 0 Å². The number of hydrogen-bond acceptors (Lipinski definition) is 12. The van der Waals surface area contributed by atoms with Gasteiger partial charge in [-0.2, -0.15) is 15.3 Å². The average Bonchev–Trinajstić information content (AvgIpc) is 4.07. The second kappa shape index (κ2) is 26.5. The minimum atomic E-state index is -0.614. The summed E-state index contributed by atoms with van der Waals surface area (Å²) in [5.41, 5.74) is 4.11. The van der Waals surface area contributed by atoms with Crippen molar-refractivity contribution < 1.29 is 28.6 Å². The molecule has 0 fully saturated rings. The van der Waals surface area contributed by atoms with Gasteiger partial charge in [0.15, 0.2) is 0 Å². The number of hydrogen-bond donors (Lipinski definition) is 3. The molecule has 428 valence electrons. The summed E-state index contributed by atoms with van der Waals surface area (Å²) >= 11 is 53.3. The fraction of sp³-hybridized carbons (Fsp3) is 0.345. The van der Waals surface area contributed by atoms with Gasteiger partial charge in [0, 0.05) is 23.2 Å². The van der Waals surface area contributed by atoms with Crippen molar-refractivity contribution in [3.63, 3.8) is 0 Å². The van der Waals surface area contributed by atoms with Gasteiger partial charge in [0.2, 0.25) is 0 Å². The Hall–Kier alpha value is -4.40. The number of carbonyl (C=O) groups excluding carboxylic acids is 3. The number of allylic oxidation sites excluding steroid dienone is 3. The summed E-state index contributed by atoms with van der Waals surface area (Å²) in [5, 5.41) is 25.7. The van der Waals surface area contributed by atoms with Crippen LogP contribution in [0.3, 0.4) is 0 Å². The van der Waals surface area contributed by atoms with Gasteiger partial charge in [-0.3, -0.25) is 0 Å². The molecule has 6 aromatic rings. The maximum Gasteiger partial charge on any atom is 0.338 e. The zero-order valence-electron chi connectivity index (χ0n) is 45.4. The van der Waals surface area contributed by atoms with E-state index in [2.05, 4.69) is 63.1 Å². The van der Waals surface area contributed by atoms with E-state index in [0.29, 0.717) is 58.2 Å². The van der Waals surface area contributed by atoms with E-state index in [4.69, 9.17) is 107 Å². The van der Waals surface area contributed by atoms with Crippen LogP contribution in [0.4, 0.5) is 17.5 Å². The number of anilines is 3. The van der Waals surface area contributed by atoms with E-state index in [-0.39, 0.29) is 5.34 Å². The highest BCUT2D eigenvalue weighted by atomic mass is 79.9. The molecule has 0 spiro atoms. The number of benzene rings is 3. The van der Waals surface area contributed by atoms with Gasteiger partial charge in [0.25, 0.3) is 0 Å². The SMILES string of the molecule is CC1=C(C(=O)OC(C)(C)C)C(c2ccc(Cl)c(Cl)c2)n2ncc(Br)c2N1.CC1=C(C(=O)OC(C)(C)C)C(c2ccc(Cl)c(Cl)c2)n2ncc(Br)c2N1.CC1=C(C(=O)OC(C)(C)C)C(c2ccc(Cl)c(Cl)c2)n2nccc2N1.ClCCl. The number of rotatable bonds is 6. The third kappa shape index (κ3) is 15.6. The Morgan fingerprint density at radius 1 is 0.487 bits per heavy atom. The van der Waals surface area contributed by atoms with Crippen molar-refractivity contribution in [2.24, 2.45) is 0 Å². The third-order valence-electron chi connectivity index (χ3n) is 11.5. The number of ether oxygens (including phenoxy) is 3. The number of esters is 3. The van der Waals surface area contributed by atoms with Crippen LogP contribution < -0.4 is 16.0 Å². The van der Waals surface area contributed by atoms with Crippen molar-refractivity contribution >= 4 is 160 Å². The van der Waals surface area contributed by atoms with Crippen LogP contribution in [0.2, 0.25) is 30.1 Å². The maximum atomic E-state index is 12.9. The summed E-state index contributed by atoms with van der Waals surface area (Å²) in [7, 11) is 0. The van der Waals surface area contributed by atoms with Crippen molar-refractivity contribution in [1.82, 2.24) is 29.3 Å². The Morgan fingerprint density at radius 3 is 1.09 bits per heavy atom. The smallest absolute Gasteiger partial charge is 0.338 e. The standard InChI is InChI=1S/2C18H18BrCl2N3O2.C18H19Cl2N3O2.CH2Cl2/c2*1-9-14(17(25)26-18(2,3)4)15(10-5-6-12(20)13(21)7-10)24-16(23-9)11(19)8-22-24;1-10-15(17(24)25-18(2,3)4)16(23-14(22-10)7-8-21-23)11-5-6-12(19)13(20)9-11;2-1-3/h2*5-8,15,23H,1-4H3;5-9,16,22H,1-4H3;1H2. The molecule has 6 heterocycles. The highest BCUT2D eigenvalue weighted by Gasteiger charge is 2.39. The number of nitrogens with zero attached hydrogens (tertiary/aromatic N) is 6. The average molecular weight is 1380 g/mol. The van der Waals surface area contributed by atoms with Crippen LogP contribution in [0.15, 0.2) is 122 Å². The molecule has 15 nitrogen and oxygen atoms in total. The molecule has 3 N–H and O–H groups in total. The van der Waals surface area contributed by atoms with Crippen LogP contribution in [-0.4, -0.2) is 69.4 Å². The lowest BCUT2D eigenvalue weighted by Gasteiger charge is -2.31. The van der Waals surface area contributed by atoms with Gasteiger partial charge in [-0.15, -0.1) is 23.2 Å². The monoisotopic (exact) mass is 1380 g/mol. The van der Waals surface area contributed by atoms with Crippen LogP contribution in [0.25, 0.3) is 0 Å². The Labute approximate surface area is 521 Å². The van der Waals surface area contributed by atoms with Crippen molar-refractivity contribution in [3.05, 3.63) is 169 Å². The maximum absolute atomic E-state index is 12.9. The van der Waals surface area contributed by atoms with Crippen LogP contribution in [-0.2, 0) is 28.6 Å². The molecule has 0 amide bonds. The minimum absolute atomic E-state index is 0.194. The van der Waals surface area contributed by atoms with E-state index in [1.54, 1.807) is 69.0 Å². The summed E-state index contributed by atoms with van der Waals surface area (Å²) in [6.07, 6.45) is 5.04. The molecule has 0 saturated heterocycles. The Bertz CT molecular complexity index is 3280. The van der Waals surface area contributed by atoms with Crippen LogP contribution >= 0.6 is 125 Å². The van der Waals surface area contributed by atoms with Gasteiger partial charge in [-0.25, -0.2) is 28.4 Å². The Morgan fingerprint density at radius 2 is 0.787 bits per heavy atom. The zero-order chi connectivity index (χ0) is 59.5. The molecule has 0 saturated carbocycles. The van der Waals surface area contributed by atoms with E-state index < -0.39 is 52.8 Å². The van der Waals surface area contributed by atoms with Gasteiger partial charge in [0.05, 0.1) is 79.7 Å². The van der Waals surface area contributed by atoms with Crippen LogP contribution in [0.1, 0.15) is 118 Å². The Kier molecular flexibility index (Phi) is 21.4. The van der Waals surface area contributed by atoms with Crippen molar-refractivity contribution in [2.45, 2.75) is 118 Å². The molecule has 0 aliphatic carbocycles. The number of alkyl halides is 2. The molecule has 80 heavy (non-hydrogen) atoms. The predicted molar refractivity (Wildman–Crippen MR) is 329 cm³/mol. The molecule has 3 unspecified atom stereocenters. The molecule has 3 aromatic carbocycles. The summed E-state index contributed by atoms with van der Waals surface area (Å²) < 4.78 is 23.7. The van der Waals surface area contributed by atoms with Gasteiger partial charge in [-0.1, -0.05) is 87.8 Å². The van der Waals surface area contributed by atoms with Gasteiger partial charge in [0.1, 0.15) is 52.4 Å². The lowest BCUT2D eigenvalue weighted by Crippen LogP contribution is -2.33. The van der Waals surface area contributed by atoms with E-state index in [1.807, 2.05) is 107 Å². The summed E-state index contributed by atoms with van der Waals surface area (Å²) in [5.74, 6) is 1.10. The molecule has 3 atom stereocenters. The minimum Gasteiger partial charge on any atom is -0.456 e. The van der Waals surface area contributed by atoms with Crippen molar-refractivity contribution in [3.8, 4) is 0 Å². The molecule has 3 aliphatic heterocycles. The van der Waals surface area contributed by atoms with E-state index >= 15 is 0 Å². The first kappa shape index (κ1) is 64.8. The predicted octanol–water partition coefficient (Wildman–Crippen LogP) is 17.4. The first-order chi connectivity index (χ1) is 37.2. The summed E-state index contributed by atoms with van der Waals surface area (Å²) in [4.78, 5) is 38.8. The van der Waals surface area contributed by atoms with E-state index in [9.17, 15) is 14.4 Å². The first-order valence-electron chi connectivity index (χ1n) is 24.3. The molecular weight excluding hydrogens is 1330 g/mol. The summed E-state index contributed by atoms with van der Waals surface area (Å²) in [6, 6.07) is 16.3. The number of halogens is 10. The largest absolute Gasteiger partial charge is 0.456 e. The first-order valence-corrected chi connectivity index (χ1v) is 29.3. The number of fused-ring (bicyclic) bond motifs is 3. The van der Waals surface area contributed by atoms with Crippen molar-refractivity contribution in [2.75, 3.05) is 21.3 Å². The topological polar surface area (TPSA) is 168 Å². The highest BCUT2D eigenvalue weighted by Crippen LogP contribution is 2.44. The second-order valence-electron chi connectivity index (χ2n) is 21.1. The van der Waals surface area contributed by atoms with Gasteiger partial charge >= 0.3 is 17.9 Å². The van der Waals surface area contributed by atoms with Crippen LogP contribution in [0.5, 0.6) is 0 Å². The number of carbonyl (C=O) groups is 3.